The molecule has 5 nitrogen and oxygen atoms in total. The smallest absolute Gasteiger partial charge is 0.407 e. The lowest BCUT2D eigenvalue weighted by Crippen LogP contribution is -2.46. The van der Waals surface area contributed by atoms with Gasteiger partial charge in [-0.3, -0.25) is 0 Å². The zero-order valence-corrected chi connectivity index (χ0v) is 17.0. The van der Waals surface area contributed by atoms with Crippen LogP contribution in [0.5, 0.6) is 0 Å². The van der Waals surface area contributed by atoms with Crippen molar-refractivity contribution in [3.05, 3.63) is 84.4 Å². The first-order valence-electron chi connectivity index (χ1n) is 8.95. The first-order chi connectivity index (χ1) is 13.4. The molecular formula is C21H24ClNO4S. The molecule has 1 N–H and O–H groups in total. The lowest BCUT2D eigenvalue weighted by atomic mass is 10.0. The molecule has 2 atom stereocenters. The van der Waals surface area contributed by atoms with Gasteiger partial charge >= 0.3 is 6.09 Å². The molecule has 0 spiro atoms. The number of allylic oxidation sites excluding steroid dienone is 1. The van der Waals surface area contributed by atoms with Crippen LogP contribution in [0.3, 0.4) is 0 Å². The van der Waals surface area contributed by atoms with Crippen LogP contribution in [-0.2, 0) is 26.8 Å². The Kier molecular flexibility index (Phi) is 8.54. The molecule has 0 aliphatic carbocycles. The van der Waals surface area contributed by atoms with E-state index in [2.05, 4.69) is 11.9 Å². The van der Waals surface area contributed by atoms with Gasteiger partial charge in [0.25, 0.3) is 0 Å². The van der Waals surface area contributed by atoms with Crippen LogP contribution in [0.2, 0.25) is 0 Å². The van der Waals surface area contributed by atoms with E-state index in [0.717, 1.165) is 11.1 Å². The number of rotatable bonds is 10. The molecule has 2 aromatic rings. The molecule has 0 saturated heterocycles. The van der Waals surface area contributed by atoms with Gasteiger partial charge in [-0.15, -0.1) is 6.58 Å². The van der Waals surface area contributed by atoms with E-state index >= 15 is 0 Å². The maximum Gasteiger partial charge on any atom is 0.407 e. The molecular weight excluding hydrogens is 398 g/mol. The molecule has 0 aromatic heterocycles. The van der Waals surface area contributed by atoms with E-state index in [0.29, 0.717) is 12.8 Å². The van der Waals surface area contributed by atoms with Crippen LogP contribution in [0.4, 0.5) is 4.79 Å². The van der Waals surface area contributed by atoms with Gasteiger partial charge in [0.2, 0.25) is 9.05 Å². The van der Waals surface area contributed by atoms with Crippen molar-refractivity contribution in [2.24, 2.45) is 0 Å². The first-order valence-corrected chi connectivity index (χ1v) is 11.3. The molecule has 0 bridgehead atoms. The fourth-order valence-corrected chi connectivity index (χ4v) is 4.43. The molecule has 2 rings (SSSR count). The number of benzene rings is 2. The highest BCUT2D eigenvalue weighted by Gasteiger charge is 2.32. The molecule has 0 unspecified atom stereocenters. The Morgan fingerprint density at radius 2 is 1.64 bits per heavy atom. The summed E-state index contributed by atoms with van der Waals surface area (Å²) < 4.78 is 29.4. The van der Waals surface area contributed by atoms with E-state index in [1.165, 1.54) is 6.08 Å². The monoisotopic (exact) mass is 421 g/mol. The summed E-state index contributed by atoms with van der Waals surface area (Å²) in [7, 11) is 1.73. The number of halogens is 1. The molecule has 0 radical (unpaired) electrons. The second kappa shape index (κ2) is 10.9. The Morgan fingerprint density at radius 3 is 2.18 bits per heavy atom. The minimum atomic E-state index is -3.91. The van der Waals surface area contributed by atoms with Gasteiger partial charge in [-0.1, -0.05) is 66.7 Å². The molecule has 2 aromatic carbocycles. The second-order valence-corrected chi connectivity index (χ2v) is 9.22. The average Bonchev–Trinajstić information content (AvgIpc) is 2.68. The maximum atomic E-state index is 12.3. The Morgan fingerprint density at radius 1 is 1.07 bits per heavy atom. The number of nitrogens with one attached hydrogen (secondary N) is 1. The summed E-state index contributed by atoms with van der Waals surface area (Å²) in [6.07, 6.45) is 1.91. The number of hydrogen-bond donors (Lipinski definition) is 1. The van der Waals surface area contributed by atoms with Crippen LogP contribution in [0.1, 0.15) is 24.0 Å². The number of alkyl carbamates (subject to hydrolysis) is 1. The minimum absolute atomic E-state index is 0.0951. The van der Waals surface area contributed by atoms with E-state index in [1.807, 2.05) is 60.7 Å². The molecule has 0 aliphatic rings. The summed E-state index contributed by atoms with van der Waals surface area (Å²) in [6.45, 7) is 3.70. The summed E-state index contributed by atoms with van der Waals surface area (Å²) in [5.74, 6) is 0. The predicted octanol–water partition coefficient (Wildman–Crippen LogP) is 4.43. The van der Waals surface area contributed by atoms with Crippen molar-refractivity contribution in [1.29, 1.82) is 0 Å². The SMILES string of the molecule is C=CC[C@@H]([C@H](CCc1ccccc1)NC(=O)OCc1ccccc1)S(=O)(=O)Cl. The van der Waals surface area contributed by atoms with Crippen molar-refractivity contribution in [1.82, 2.24) is 5.32 Å². The van der Waals surface area contributed by atoms with Crippen molar-refractivity contribution < 1.29 is 17.9 Å². The summed E-state index contributed by atoms with van der Waals surface area (Å²) in [4.78, 5) is 12.3. The molecule has 0 heterocycles. The van der Waals surface area contributed by atoms with Gasteiger partial charge < -0.3 is 10.1 Å². The van der Waals surface area contributed by atoms with Gasteiger partial charge in [-0.25, -0.2) is 13.2 Å². The first kappa shape index (κ1) is 22.0. The summed E-state index contributed by atoms with van der Waals surface area (Å²) >= 11 is 0. The predicted molar refractivity (Wildman–Crippen MR) is 112 cm³/mol. The van der Waals surface area contributed by atoms with Gasteiger partial charge in [-0.2, -0.15) is 0 Å². The van der Waals surface area contributed by atoms with Crippen molar-refractivity contribution in [2.75, 3.05) is 0 Å². The van der Waals surface area contributed by atoms with Gasteiger partial charge in [-0.05, 0) is 30.4 Å². The number of aryl methyl sites for hydroxylation is 1. The molecule has 7 heteroatoms. The Labute approximate surface area is 170 Å². The lowest BCUT2D eigenvalue weighted by Gasteiger charge is -2.25. The number of hydrogen-bond acceptors (Lipinski definition) is 4. The third-order valence-corrected chi connectivity index (χ3v) is 6.24. The van der Waals surface area contributed by atoms with Crippen molar-refractivity contribution in [3.63, 3.8) is 0 Å². The molecule has 0 saturated carbocycles. The van der Waals surface area contributed by atoms with Crippen molar-refractivity contribution >= 4 is 25.8 Å². The zero-order valence-electron chi connectivity index (χ0n) is 15.5. The van der Waals surface area contributed by atoms with Gasteiger partial charge in [0.05, 0.1) is 11.3 Å². The molecule has 0 aliphatic heterocycles. The van der Waals surface area contributed by atoms with E-state index in [1.54, 1.807) is 0 Å². The van der Waals surface area contributed by atoms with Crippen LogP contribution < -0.4 is 5.32 Å². The van der Waals surface area contributed by atoms with Crippen LogP contribution >= 0.6 is 10.7 Å². The van der Waals surface area contributed by atoms with Crippen LogP contribution in [0, 0.1) is 0 Å². The number of carbonyl (C=O) groups excluding carboxylic acids is 1. The summed E-state index contributed by atoms with van der Waals surface area (Å²) in [5, 5.41) is 1.69. The Bertz CT molecular complexity index is 856. The Balaban J connectivity index is 2.07. The van der Waals surface area contributed by atoms with E-state index in [-0.39, 0.29) is 13.0 Å². The van der Waals surface area contributed by atoms with Crippen LogP contribution in [0.15, 0.2) is 73.3 Å². The van der Waals surface area contributed by atoms with Gasteiger partial charge in [0.15, 0.2) is 0 Å². The van der Waals surface area contributed by atoms with E-state index in [4.69, 9.17) is 15.4 Å². The molecule has 0 fully saturated rings. The van der Waals surface area contributed by atoms with E-state index < -0.39 is 26.4 Å². The van der Waals surface area contributed by atoms with E-state index in [9.17, 15) is 13.2 Å². The van der Waals surface area contributed by atoms with Crippen molar-refractivity contribution in [3.8, 4) is 0 Å². The summed E-state index contributed by atoms with van der Waals surface area (Å²) in [6, 6.07) is 18.1. The number of ether oxygens (including phenoxy) is 1. The largest absolute Gasteiger partial charge is 0.445 e. The average molecular weight is 422 g/mol. The maximum absolute atomic E-state index is 12.3. The highest BCUT2D eigenvalue weighted by atomic mass is 35.7. The highest BCUT2D eigenvalue weighted by molar-refractivity contribution is 8.14. The quantitative estimate of drug-likeness (QED) is 0.455. The number of carbonyl (C=O) groups is 1. The summed E-state index contributed by atoms with van der Waals surface area (Å²) in [5.41, 5.74) is 1.88. The highest BCUT2D eigenvalue weighted by Crippen LogP contribution is 2.20. The normalized spacial score (nSPS) is 13.3. The third-order valence-electron chi connectivity index (χ3n) is 4.31. The standard InChI is InChI=1S/C21H24ClNO4S/c1-2-9-20(28(22,25)26)19(15-14-17-10-5-3-6-11-17)23-21(24)27-16-18-12-7-4-8-13-18/h2-8,10-13,19-20H,1,9,14-16H2,(H,23,24)/t19-,20-/m0/s1. The lowest BCUT2D eigenvalue weighted by molar-refractivity contribution is 0.134. The van der Waals surface area contributed by atoms with Gasteiger partial charge in [0.1, 0.15) is 6.61 Å². The topological polar surface area (TPSA) is 72.5 Å². The fourth-order valence-electron chi connectivity index (χ4n) is 2.87. The van der Waals surface area contributed by atoms with Crippen molar-refractivity contribution in [2.45, 2.75) is 37.2 Å². The fraction of sp³-hybridized carbons (Fsp3) is 0.286. The molecule has 150 valence electrons. The number of amides is 1. The zero-order chi connectivity index (χ0) is 20.4. The Hall–Kier alpha value is -2.31. The van der Waals surface area contributed by atoms with Crippen LogP contribution in [0.25, 0.3) is 0 Å². The minimum Gasteiger partial charge on any atom is -0.445 e. The van der Waals surface area contributed by atoms with Crippen LogP contribution in [-0.4, -0.2) is 25.8 Å². The third kappa shape index (κ3) is 7.37. The second-order valence-electron chi connectivity index (χ2n) is 6.38. The van der Waals surface area contributed by atoms with Gasteiger partial charge in [0, 0.05) is 10.7 Å². The molecule has 1 amide bonds. The molecule has 28 heavy (non-hydrogen) atoms.